The first-order valence-corrected chi connectivity index (χ1v) is 9.52. The van der Waals surface area contributed by atoms with Crippen LogP contribution in [0.15, 0.2) is 53.4 Å². The van der Waals surface area contributed by atoms with Crippen LogP contribution >= 0.6 is 0 Å². The van der Waals surface area contributed by atoms with E-state index in [4.69, 9.17) is 0 Å². The Morgan fingerprint density at radius 2 is 1.80 bits per heavy atom. The molecule has 2 aliphatic heterocycles. The second-order valence-corrected chi connectivity index (χ2v) is 8.20. The average Bonchev–Trinajstić information content (AvgIpc) is 2.97. The van der Waals surface area contributed by atoms with Gasteiger partial charge in [0, 0.05) is 6.54 Å². The summed E-state index contributed by atoms with van der Waals surface area (Å²) in [5.74, 6) is -1.57. The number of fused-ring (bicyclic) bond motifs is 2. The Balaban J connectivity index is 1.95. The molecule has 2 aliphatic rings. The monoisotopic (exact) mass is 360 g/mol. The third-order valence-corrected chi connectivity index (χ3v) is 6.95. The third-order valence-electron chi connectivity index (χ3n) is 5.08. The van der Waals surface area contributed by atoms with Gasteiger partial charge in [-0.1, -0.05) is 37.3 Å². The van der Waals surface area contributed by atoms with Crippen LogP contribution in [0.2, 0.25) is 0 Å². The lowest BCUT2D eigenvalue weighted by molar-refractivity contribution is -0.123. The van der Waals surface area contributed by atoms with Gasteiger partial charge in [-0.2, -0.15) is 0 Å². The number of hydrogen-bond donors (Lipinski definition) is 1. The van der Waals surface area contributed by atoms with E-state index >= 15 is 0 Å². The number of anilines is 1. The Hall–Kier alpha value is -2.41. The molecule has 2 aromatic rings. The molecule has 5 nitrogen and oxygen atoms in total. The van der Waals surface area contributed by atoms with Gasteiger partial charge in [0.05, 0.1) is 17.6 Å². The van der Waals surface area contributed by atoms with Crippen molar-refractivity contribution in [1.29, 1.82) is 0 Å². The van der Waals surface area contributed by atoms with Gasteiger partial charge in [0.1, 0.15) is 10.7 Å². The highest BCUT2D eigenvalue weighted by Gasteiger charge is 2.51. The molecule has 1 amide bonds. The predicted molar refractivity (Wildman–Crippen MR) is 91.2 cm³/mol. The molecule has 1 saturated heterocycles. The molecule has 1 N–H and O–H groups in total. The molecular formula is C18H17FN2O3S. The van der Waals surface area contributed by atoms with E-state index in [-0.39, 0.29) is 23.3 Å². The van der Waals surface area contributed by atoms with E-state index in [2.05, 4.69) is 5.32 Å². The quantitative estimate of drug-likeness (QED) is 0.893. The molecule has 1 fully saturated rings. The number of carbonyl (C=O) groups excluding carboxylic acids is 1. The van der Waals surface area contributed by atoms with Crippen molar-refractivity contribution < 1.29 is 17.6 Å². The number of amides is 1. The van der Waals surface area contributed by atoms with Gasteiger partial charge in [0.25, 0.3) is 10.0 Å². The summed E-state index contributed by atoms with van der Waals surface area (Å²) in [5, 5.41) is 2.76. The predicted octanol–water partition coefficient (Wildman–Crippen LogP) is 2.25. The summed E-state index contributed by atoms with van der Waals surface area (Å²) in [6.07, 6.45) is 0. The second-order valence-electron chi connectivity index (χ2n) is 6.42. The fourth-order valence-corrected chi connectivity index (χ4v) is 5.69. The minimum absolute atomic E-state index is 0.115. The van der Waals surface area contributed by atoms with Crippen LogP contribution in [0.25, 0.3) is 0 Å². The average molecular weight is 360 g/mol. The van der Waals surface area contributed by atoms with E-state index in [1.54, 1.807) is 12.1 Å². The summed E-state index contributed by atoms with van der Waals surface area (Å²) < 4.78 is 42.0. The topological polar surface area (TPSA) is 66.5 Å². The molecule has 2 aromatic carbocycles. The molecular weight excluding hydrogens is 343 g/mol. The highest BCUT2D eigenvalue weighted by atomic mass is 32.2. The Labute approximate surface area is 145 Å². The van der Waals surface area contributed by atoms with Crippen LogP contribution in [0.5, 0.6) is 0 Å². The molecule has 0 bridgehead atoms. The van der Waals surface area contributed by atoms with E-state index in [0.717, 1.165) is 11.6 Å². The standard InChI is InChI=1S/C18H17FN2O3S/c1-11-12-6-2-4-8-14(12)21(15-10-20-18(22)17(11)15)25(23,24)16-9-5-3-7-13(16)19/h2-9,11,15,17H,10H2,1H3,(H,20,22)/t11-,15+,17-/m1/s1. The van der Waals surface area contributed by atoms with Crippen molar-refractivity contribution in [3.63, 3.8) is 0 Å². The number of carbonyl (C=O) groups is 1. The van der Waals surface area contributed by atoms with Gasteiger partial charge >= 0.3 is 0 Å². The number of rotatable bonds is 2. The fourth-order valence-electron chi connectivity index (χ4n) is 3.93. The van der Waals surface area contributed by atoms with Crippen LogP contribution in [0.4, 0.5) is 10.1 Å². The maximum atomic E-state index is 14.2. The van der Waals surface area contributed by atoms with E-state index in [9.17, 15) is 17.6 Å². The van der Waals surface area contributed by atoms with E-state index in [1.165, 1.54) is 22.5 Å². The molecule has 0 saturated carbocycles. The Bertz CT molecular complexity index is 960. The minimum Gasteiger partial charge on any atom is -0.354 e. The first-order valence-electron chi connectivity index (χ1n) is 8.08. The van der Waals surface area contributed by atoms with Crippen molar-refractivity contribution in [1.82, 2.24) is 5.32 Å². The Morgan fingerprint density at radius 1 is 1.12 bits per heavy atom. The van der Waals surface area contributed by atoms with E-state index < -0.39 is 27.8 Å². The first kappa shape index (κ1) is 16.1. The zero-order valence-corrected chi connectivity index (χ0v) is 14.3. The molecule has 0 unspecified atom stereocenters. The number of halogens is 1. The van der Waals surface area contributed by atoms with Crippen LogP contribution in [0.3, 0.4) is 0 Å². The van der Waals surface area contributed by atoms with Gasteiger partial charge in [-0.15, -0.1) is 0 Å². The van der Waals surface area contributed by atoms with Crippen molar-refractivity contribution in [3.8, 4) is 0 Å². The zero-order valence-electron chi connectivity index (χ0n) is 13.5. The minimum atomic E-state index is -4.14. The van der Waals surface area contributed by atoms with Crippen molar-refractivity contribution in [3.05, 3.63) is 59.9 Å². The van der Waals surface area contributed by atoms with Crippen LogP contribution in [-0.4, -0.2) is 26.9 Å². The number of benzene rings is 2. The van der Waals surface area contributed by atoms with Crippen LogP contribution in [0.1, 0.15) is 18.4 Å². The number of hydrogen-bond acceptors (Lipinski definition) is 3. The number of para-hydroxylation sites is 1. The van der Waals surface area contributed by atoms with Crippen LogP contribution in [0, 0.1) is 11.7 Å². The van der Waals surface area contributed by atoms with Crippen molar-refractivity contribution in [2.45, 2.75) is 23.8 Å². The Kier molecular flexibility index (Phi) is 3.57. The lowest BCUT2D eigenvalue weighted by atomic mass is 9.80. The first-order chi connectivity index (χ1) is 11.9. The van der Waals surface area contributed by atoms with Gasteiger partial charge < -0.3 is 5.32 Å². The molecule has 25 heavy (non-hydrogen) atoms. The normalized spacial score (nSPS) is 25.3. The highest BCUT2D eigenvalue weighted by molar-refractivity contribution is 7.92. The van der Waals surface area contributed by atoms with Crippen LogP contribution < -0.4 is 9.62 Å². The molecule has 3 atom stereocenters. The second kappa shape index (κ2) is 5.56. The van der Waals surface area contributed by atoms with E-state index in [0.29, 0.717) is 5.69 Å². The maximum Gasteiger partial charge on any atom is 0.267 e. The van der Waals surface area contributed by atoms with Crippen molar-refractivity contribution in [2.24, 2.45) is 5.92 Å². The lowest BCUT2D eigenvalue weighted by Crippen LogP contribution is -2.50. The van der Waals surface area contributed by atoms with Crippen molar-refractivity contribution >= 4 is 21.6 Å². The number of nitrogens with one attached hydrogen (secondary N) is 1. The molecule has 4 rings (SSSR count). The van der Waals surface area contributed by atoms with Gasteiger partial charge in [0.15, 0.2) is 0 Å². The lowest BCUT2D eigenvalue weighted by Gasteiger charge is -2.41. The largest absolute Gasteiger partial charge is 0.354 e. The van der Waals surface area contributed by atoms with Crippen LogP contribution in [-0.2, 0) is 14.8 Å². The molecule has 0 aromatic heterocycles. The smallest absolute Gasteiger partial charge is 0.267 e. The number of sulfonamides is 1. The highest BCUT2D eigenvalue weighted by Crippen LogP contribution is 2.46. The summed E-state index contributed by atoms with van der Waals surface area (Å²) in [7, 11) is -4.14. The summed E-state index contributed by atoms with van der Waals surface area (Å²) in [6, 6.07) is 11.9. The van der Waals surface area contributed by atoms with Gasteiger partial charge in [-0.05, 0) is 29.7 Å². The van der Waals surface area contributed by atoms with Crippen molar-refractivity contribution in [2.75, 3.05) is 10.8 Å². The van der Waals surface area contributed by atoms with Gasteiger partial charge in [0.2, 0.25) is 5.91 Å². The SMILES string of the molecule is C[C@@H]1c2ccccc2N(S(=O)(=O)c2ccccc2F)[C@H]2CNC(=O)[C@H]12. The summed E-state index contributed by atoms with van der Waals surface area (Å²) in [6.45, 7) is 2.14. The molecule has 130 valence electrons. The Morgan fingerprint density at radius 3 is 2.56 bits per heavy atom. The van der Waals surface area contributed by atoms with E-state index in [1.807, 2.05) is 19.1 Å². The summed E-state index contributed by atoms with van der Waals surface area (Å²) in [4.78, 5) is 11.9. The molecule has 7 heteroatoms. The molecule has 2 heterocycles. The zero-order chi connectivity index (χ0) is 17.8. The number of nitrogens with zero attached hydrogens (tertiary/aromatic N) is 1. The maximum absolute atomic E-state index is 14.2. The molecule has 0 aliphatic carbocycles. The molecule has 0 spiro atoms. The van der Waals surface area contributed by atoms with Gasteiger partial charge in [-0.3, -0.25) is 9.10 Å². The summed E-state index contributed by atoms with van der Waals surface area (Å²) in [5.41, 5.74) is 1.29. The van der Waals surface area contributed by atoms with Gasteiger partial charge in [-0.25, -0.2) is 12.8 Å². The fraction of sp³-hybridized carbons (Fsp3) is 0.278. The third kappa shape index (κ3) is 2.26. The summed E-state index contributed by atoms with van der Waals surface area (Å²) >= 11 is 0. The molecule has 0 radical (unpaired) electrons.